The molecular weight excluding hydrogens is 281 g/mol. The molecule has 1 atom stereocenters. The lowest BCUT2D eigenvalue weighted by molar-refractivity contribution is -0.137. The van der Waals surface area contributed by atoms with Gasteiger partial charge in [-0.1, -0.05) is 31.1 Å². The number of alkyl halides is 3. The molecule has 0 spiro atoms. The molecule has 1 aromatic rings. The van der Waals surface area contributed by atoms with Crippen LogP contribution in [0.5, 0.6) is 5.75 Å². The Bertz CT molecular complexity index is 477. The van der Waals surface area contributed by atoms with Crippen molar-refractivity contribution in [2.45, 2.75) is 38.0 Å². The van der Waals surface area contributed by atoms with E-state index in [-0.39, 0.29) is 12.4 Å². The second-order valence-electron chi connectivity index (χ2n) is 5.33. The fraction of sp³-hybridized carbons (Fsp3) is 0.500. The van der Waals surface area contributed by atoms with E-state index in [0.717, 1.165) is 25.0 Å². The van der Waals surface area contributed by atoms with E-state index in [0.29, 0.717) is 5.92 Å². The summed E-state index contributed by atoms with van der Waals surface area (Å²) < 4.78 is 42.8. The quantitative estimate of drug-likeness (QED) is 0.826. The minimum Gasteiger partial charge on any atom is -0.491 e. The molecule has 1 N–H and O–H groups in total. The third-order valence-corrected chi connectivity index (χ3v) is 3.59. The minimum atomic E-state index is -4.39. The first kappa shape index (κ1) is 15.9. The number of allylic oxidation sites excluding steroid dienone is 1. The summed E-state index contributed by atoms with van der Waals surface area (Å²) in [5.41, 5.74) is -0.754. The molecule has 1 unspecified atom stereocenters. The maximum atomic E-state index is 12.5. The predicted molar refractivity (Wildman–Crippen MR) is 74.0 cm³/mol. The number of halogens is 3. The van der Waals surface area contributed by atoms with Gasteiger partial charge in [-0.05, 0) is 37.0 Å². The highest BCUT2D eigenvalue weighted by Gasteiger charge is 2.30. The Morgan fingerprint density at radius 3 is 2.67 bits per heavy atom. The molecule has 0 amide bonds. The van der Waals surface area contributed by atoms with E-state index < -0.39 is 17.8 Å². The van der Waals surface area contributed by atoms with Crippen LogP contribution in [0.25, 0.3) is 0 Å². The molecule has 2 rings (SSSR count). The molecule has 116 valence electrons. The van der Waals surface area contributed by atoms with Crippen LogP contribution < -0.4 is 4.74 Å². The van der Waals surface area contributed by atoms with Crippen LogP contribution in [0.15, 0.2) is 36.4 Å². The van der Waals surface area contributed by atoms with Crippen molar-refractivity contribution in [2.24, 2.45) is 5.92 Å². The van der Waals surface area contributed by atoms with Gasteiger partial charge in [-0.3, -0.25) is 0 Å². The van der Waals surface area contributed by atoms with Crippen molar-refractivity contribution in [1.29, 1.82) is 0 Å². The Balaban J connectivity index is 1.84. The lowest BCUT2D eigenvalue weighted by Crippen LogP contribution is -2.15. The molecular formula is C16H19F3O2. The standard InChI is InChI=1S/C16H19F3O2/c17-16(18,19)13-6-3-7-15(10-13)21-11-14(20)9-8-12-4-1-2-5-12/h3,6-10,12,14,20H,1-2,4-5,11H2/b9-8+. The van der Waals surface area contributed by atoms with Gasteiger partial charge in [-0.25, -0.2) is 0 Å². The SMILES string of the molecule is OC(/C=C/C1CCCC1)COc1cccc(C(F)(F)F)c1. The smallest absolute Gasteiger partial charge is 0.416 e. The monoisotopic (exact) mass is 300 g/mol. The van der Waals surface area contributed by atoms with Gasteiger partial charge in [0.25, 0.3) is 0 Å². The van der Waals surface area contributed by atoms with Crippen molar-refractivity contribution >= 4 is 0 Å². The summed E-state index contributed by atoms with van der Waals surface area (Å²) in [6.07, 6.45) is 3.16. The van der Waals surface area contributed by atoms with E-state index in [1.165, 1.54) is 25.0 Å². The molecule has 5 heteroatoms. The highest BCUT2D eigenvalue weighted by atomic mass is 19.4. The molecule has 21 heavy (non-hydrogen) atoms. The third-order valence-electron chi connectivity index (χ3n) is 3.59. The number of aliphatic hydroxyl groups excluding tert-OH is 1. The normalized spacial score (nSPS) is 18.3. The number of hydrogen-bond donors (Lipinski definition) is 1. The van der Waals surface area contributed by atoms with E-state index in [4.69, 9.17) is 4.74 Å². The number of benzene rings is 1. The van der Waals surface area contributed by atoms with Crippen molar-refractivity contribution in [3.63, 3.8) is 0 Å². The first-order chi connectivity index (χ1) is 9.95. The fourth-order valence-corrected chi connectivity index (χ4v) is 2.43. The summed E-state index contributed by atoms with van der Waals surface area (Å²) in [6.45, 7) is -0.0511. The maximum Gasteiger partial charge on any atom is 0.416 e. The molecule has 0 heterocycles. The number of ether oxygens (including phenoxy) is 1. The van der Waals surface area contributed by atoms with E-state index in [9.17, 15) is 18.3 Å². The van der Waals surface area contributed by atoms with Crippen LogP contribution in [-0.2, 0) is 6.18 Å². The Labute approximate surface area is 122 Å². The zero-order valence-corrected chi connectivity index (χ0v) is 11.6. The van der Waals surface area contributed by atoms with Gasteiger partial charge in [0.1, 0.15) is 18.5 Å². The van der Waals surface area contributed by atoms with E-state index in [1.807, 2.05) is 6.08 Å². The summed E-state index contributed by atoms with van der Waals surface area (Å²) in [4.78, 5) is 0. The Hall–Kier alpha value is -1.49. The van der Waals surface area contributed by atoms with E-state index >= 15 is 0 Å². The van der Waals surface area contributed by atoms with E-state index in [1.54, 1.807) is 6.08 Å². The minimum absolute atomic E-state index is 0.0511. The summed E-state index contributed by atoms with van der Waals surface area (Å²) in [5, 5.41) is 9.77. The molecule has 1 aliphatic carbocycles. The molecule has 0 radical (unpaired) electrons. The van der Waals surface area contributed by atoms with Gasteiger partial charge < -0.3 is 9.84 Å². The van der Waals surface area contributed by atoms with Crippen LogP contribution in [-0.4, -0.2) is 17.8 Å². The highest BCUT2D eigenvalue weighted by molar-refractivity contribution is 5.30. The topological polar surface area (TPSA) is 29.5 Å². The lowest BCUT2D eigenvalue weighted by Gasteiger charge is -2.12. The van der Waals surface area contributed by atoms with Crippen molar-refractivity contribution in [3.05, 3.63) is 42.0 Å². The molecule has 0 saturated heterocycles. The average molecular weight is 300 g/mol. The summed E-state index contributed by atoms with van der Waals surface area (Å²) >= 11 is 0. The van der Waals surface area contributed by atoms with Gasteiger partial charge in [0.2, 0.25) is 0 Å². The van der Waals surface area contributed by atoms with Gasteiger partial charge in [0.15, 0.2) is 0 Å². The second-order valence-corrected chi connectivity index (χ2v) is 5.33. The molecule has 0 aliphatic heterocycles. The van der Waals surface area contributed by atoms with Gasteiger partial charge in [0.05, 0.1) is 5.56 Å². The van der Waals surface area contributed by atoms with Crippen molar-refractivity contribution in [3.8, 4) is 5.75 Å². The lowest BCUT2D eigenvalue weighted by atomic mass is 10.1. The van der Waals surface area contributed by atoms with Crippen LogP contribution in [0.1, 0.15) is 31.2 Å². The predicted octanol–water partition coefficient (Wildman–Crippen LogP) is 4.19. The maximum absolute atomic E-state index is 12.5. The first-order valence-corrected chi connectivity index (χ1v) is 7.11. The van der Waals surface area contributed by atoms with Gasteiger partial charge >= 0.3 is 6.18 Å². The van der Waals surface area contributed by atoms with Crippen LogP contribution in [0.2, 0.25) is 0 Å². The zero-order chi connectivity index (χ0) is 15.3. The third kappa shape index (κ3) is 5.08. The largest absolute Gasteiger partial charge is 0.491 e. The van der Waals surface area contributed by atoms with Crippen LogP contribution in [0, 0.1) is 5.92 Å². The molecule has 1 saturated carbocycles. The molecule has 1 aliphatic rings. The van der Waals surface area contributed by atoms with E-state index in [2.05, 4.69) is 0 Å². The highest BCUT2D eigenvalue weighted by Crippen LogP contribution is 2.31. The summed E-state index contributed by atoms with van der Waals surface area (Å²) in [6, 6.07) is 4.66. The van der Waals surface area contributed by atoms with Gasteiger partial charge in [-0.15, -0.1) is 0 Å². The first-order valence-electron chi connectivity index (χ1n) is 7.11. The van der Waals surface area contributed by atoms with Gasteiger partial charge in [0, 0.05) is 0 Å². The average Bonchev–Trinajstić information content (AvgIpc) is 2.95. The molecule has 2 nitrogen and oxygen atoms in total. The molecule has 0 aromatic heterocycles. The van der Waals surface area contributed by atoms with Crippen molar-refractivity contribution in [1.82, 2.24) is 0 Å². The van der Waals surface area contributed by atoms with Gasteiger partial charge in [-0.2, -0.15) is 13.2 Å². The van der Waals surface area contributed by atoms with Crippen molar-refractivity contribution in [2.75, 3.05) is 6.61 Å². The second kappa shape index (κ2) is 6.98. The molecule has 0 bridgehead atoms. The Morgan fingerprint density at radius 2 is 2.00 bits per heavy atom. The summed E-state index contributed by atoms with van der Waals surface area (Å²) in [7, 11) is 0. The van der Waals surface area contributed by atoms with Crippen molar-refractivity contribution < 1.29 is 23.0 Å². The number of rotatable bonds is 5. The van der Waals surface area contributed by atoms with Crippen LogP contribution >= 0.6 is 0 Å². The summed E-state index contributed by atoms with van der Waals surface area (Å²) in [5.74, 6) is 0.617. The number of aliphatic hydroxyl groups is 1. The number of hydrogen-bond acceptors (Lipinski definition) is 2. The Morgan fingerprint density at radius 1 is 1.29 bits per heavy atom. The van der Waals surface area contributed by atoms with Crippen LogP contribution in [0.3, 0.4) is 0 Å². The molecule has 1 aromatic carbocycles. The van der Waals surface area contributed by atoms with Crippen LogP contribution in [0.4, 0.5) is 13.2 Å². The zero-order valence-electron chi connectivity index (χ0n) is 11.6. The molecule has 1 fully saturated rings. The fourth-order valence-electron chi connectivity index (χ4n) is 2.43. The Kier molecular flexibility index (Phi) is 5.28.